The van der Waals surface area contributed by atoms with Gasteiger partial charge in [-0.15, -0.1) is 0 Å². The largest absolute Gasteiger partial charge is 0.322 e. The first-order chi connectivity index (χ1) is 14.3. The van der Waals surface area contributed by atoms with Gasteiger partial charge in [-0.25, -0.2) is 8.42 Å². The molecule has 0 aliphatic carbocycles. The van der Waals surface area contributed by atoms with Crippen LogP contribution >= 0.6 is 23.2 Å². The minimum atomic E-state index is -3.99. The standard InChI is InChI=1S/C22H20Cl2N2O3S/c1-2-16-9-6-7-14-20(16)26(30(28,29)17-10-4-3-5-11-17)15-21(27)25-22-18(23)12-8-13-19(22)24/h3-14H,2,15H2,1H3,(H,25,27). The van der Waals surface area contributed by atoms with E-state index >= 15 is 0 Å². The van der Waals surface area contributed by atoms with E-state index in [-0.39, 0.29) is 20.6 Å². The summed E-state index contributed by atoms with van der Waals surface area (Å²) in [7, 11) is -3.99. The van der Waals surface area contributed by atoms with E-state index in [2.05, 4.69) is 5.32 Å². The number of carbonyl (C=O) groups is 1. The molecule has 0 saturated carbocycles. The van der Waals surface area contributed by atoms with Crippen molar-refractivity contribution in [3.05, 3.63) is 88.4 Å². The van der Waals surface area contributed by atoms with E-state index in [1.165, 1.54) is 12.1 Å². The molecule has 0 fully saturated rings. The molecule has 0 spiro atoms. The molecule has 0 aliphatic rings. The molecule has 30 heavy (non-hydrogen) atoms. The van der Waals surface area contributed by atoms with Gasteiger partial charge in [0.15, 0.2) is 0 Å². The molecule has 3 rings (SSSR count). The molecular formula is C22H20Cl2N2O3S. The summed E-state index contributed by atoms with van der Waals surface area (Å²) in [5, 5.41) is 3.16. The van der Waals surface area contributed by atoms with Crippen LogP contribution in [0.3, 0.4) is 0 Å². The smallest absolute Gasteiger partial charge is 0.264 e. The molecule has 8 heteroatoms. The molecule has 0 atom stereocenters. The van der Waals surface area contributed by atoms with Gasteiger partial charge in [0.2, 0.25) is 5.91 Å². The Labute approximate surface area is 186 Å². The Morgan fingerprint density at radius 1 is 0.900 bits per heavy atom. The number of rotatable bonds is 7. The predicted molar refractivity (Wildman–Crippen MR) is 122 cm³/mol. The van der Waals surface area contributed by atoms with Crippen molar-refractivity contribution in [3.63, 3.8) is 0 Å². The third kappa shape index (κ3) is 4.78. The minimum Gasteiger partial charge on any atom is -0.322 e. The molecule has 156 valence electrons. The summed E-state index contributed by atoms with van der Waals surface area (Å²) >= 11 is 12.3. The first kappa shape index (κ1) is 22.2. The van der Waals surface area contributed by atoms with Crippen molar-refractivity contribution >= 4 is 50.5 Å². The van der Waals surface area contributed by atoms with Crippen molar-refractivity contribution in [2.45, 2.75) is 18.2 Å². The van der Waals surface area contributed by atoms with E-state index in [0.29, 0.717) is 12.1 Å². The van der Waals surface area contributed by atoms with Crippen LogP contribution in [0.4, 0.5) is 11.4 Å². The van der Waals surface area contributed by atoms with E-state index in [1.807, 2.05) is 19.1 Å². The van der Waals surface area contributed by atoms with Crippen LogP contribution in [0.15, 0.2) is 77.7 Å². The maximum Gasteiger partial charge on any atom is 0.264 e. The first-order valence-corrected chi connectivity index (χ1v) is 11.4. The number of hydrogen-bond donors (Lipinski definition) is 1. The zero-order valence-electron chi connectivity index (χ0n) is 16.2. The number of amides is 1. The summed E-state index contributed by atoms with van der Waals surface area (Å²) in [4.78, 5) is 12.9. The summed E-state index contributed by atoms with van der Waals surface area (Å²) in [6, 6.07) is 20.0. The number of sulfonamides is 1. The Bertz CT molecular complexity index is 1130. The molecule has 0 unspecified atom stereocenters. The van der Waals surface area contributed by atoms with E-state index in [9.17, 15) is 13.2 Å². The fraction of sp³-hybridized carbons (Fsp3) is 0.136. The Morgan fingerprint density at radius 3 is 2.13 bits per heavy atom. The molecule has 0 heterocycles. The van der Waals surface area contributed by atoms with Gasteiger partial charge in [-0.1, -0.05) is 72.6 Å². The molecule has 1 amide bonds. The average molecular weight is 463 g/mol. The molecule has 0 saturated heterocycles. The number of hydrogen-bond acceptors (Lipinski definition) is 3. The molecule has 3 aromatic carbocycles. The predicted octanol–water partition coefficient (Wildman–Crippen LogP) is 5.39. The van der Waals surface area contributed by atoms with Gasteiger partial charge < -0.3 is 5.32 Å². The molecule has 3 aromatic rings. The maximum absolute atomic E-state index is 13.4. The second-order valence-electron chi connectivity index (χ2n) is 6.45. The average Bonchev–Trinajstić information content (AvgIpc) is 2.75. The normalized spacial score (nSPS) is 11.2. The Hall–Kier alpha value is -2.54. The lowest BCUT2D eigenvalue weighted by Crippen LogP contribution is -2.38. The van der Waals surface area contributed by atoms with Gasteiger partial charge in [-0.2, -0.15) is 0 Å². The third-order valence-corrected chi connectivity index (χ3v) is 6.89. The van der Waals surface area contributed by atoms with Crippen LogP contribution in [-0.4, -0.2) is 20.9 Å². The number of halogens is 2. The Balaban J connectivity index is 2.01. The highest BCUT2D eigenvalue weighted by atomic mass is 35.5. The Kier molecular flexibility index (Phi) is 7.02. The maximum atomic E-state index is 13.4. The van der Waals surface area contributed by atoms with Crippen LogP contribution in [0.5, 0.6) is 0 Å². The van der Waals surface area contributed by atoms with Gasteiger partial charge in [0.05, 0.1) is 26.3 Å². The SMILES string of the molecule is CCc1ccccc1N(CC(=O)Nc1c(Cl)cccc1Cl)S(=O)(=O)c1ccccc1. The van der Waals surface area contributed by atoms with Crippen LogP contribution < -0.4 is 9.62 Å². The molecule has 1 N–H and O–H groups in total. The quantitative estimate of drug-likeness (QED) is 0.511. The summed E-state index contributed by atoms with van der Waals surface area (Å²) in [6.07, 6.45) is 0.606. The second kappa shape index (κ2) is 9.51. The second-order valence-corrected chi connectivity index (χ2v) is 9.13. The van der Waals surface area contributed by atoms with Crippen molar-refractivity contribution in [2.24, 2.45) is 0 Å². The number of para-hydroxylation sites is 2. The van der Waals surface area contributed by atoms with Crippen LogP contribution in [0.1, 0.15) is 12.5 Å². The molecule has 0 radical (unpaired) electrons. The summed E-state index contributed by atoms with van der Waals surface area (Å²) in [5.41, 5.74) is 1.50. The van der Waals surface area contributed by atoms with E-state index < -0.39 is 22.5 Å². The fourth-order valence-electron chi connectivity index (χ4n) is 3.00. The van der Waals surface area contributed by atoms with Crippen molar-refractivity contribution < 1.29 is 13.2 Å². The van der Waals surface area contributed by atoms with Crippen LogP contribution in [-0.2, 0) is 21.2 Å². The number of nitrogens with one attached hydrogen (secondary N) is 1. The highest BCUT2D eigenvalue weighted by Crippen LogP contribution is 2.31. The zero-order chi connectivity index (χ0) is 21.7. The van der Waals surface area contributed by atoms with Crippen LogP contribution in [0, 0.1) is 0 Å². The van der Waals surface area contributed by atoms with Gasteiger partial charge in [-0.3, -0.25) is 9.10 Å². The number of aryl methyl sites for hydroxylation is 1. The monoisotopic (exact) mass is 462 g/mol. The molecular weight excluding hydrogens is 443 g/mol. The van der Waals surface area contributed by atoms with Crippen LogP contribution in [0.2, 0.25) is 10.0 Å². The van der Waals surface area contributed by atoms with Crippen molar-refractivity contribution in [1.29, 1.82) is 0 Å². The lowest BCUT2D eigenvalue weighted by atomic mass is 10.1. The Morgan fingerprint density at radius 2 is 1.50 bits per heavy atom. The van der Waals surface area contributed by atoms with Crippen molar-refractivity contribution in [2.75, 3.05) is 16.2 Å². The lowest BCUT2D eigenvalue weighted by Gasteiger charge is -2.26. The molecule has 5 nitrogen and oxygen atoms in total. The number of benzene rings is 3. The highest BCUT2D eigenvalue weighted by molar-refractivity contribution is 7.92. The highest BCUT2D eigenvalue weighted by Gasteiger charge is 2.28. The number of carbonyl (C=O) groups excluding carboxylic acids is 1. The van der Waals surface area contributed by atoms with Gasteiger partial charge in [0.25, 0.3) is 10.0 Å². The number of nitrogens with zero attached hydrogens (tertiary/aromatic N) is 1. The van der Waals surface area contributed by atoms with Crippen molar-refractivity contribution in [1.82, 2.24) is 0 Å². The van der Waals surface area contributed by atoms with Gasteiger partial charge in [0.1, 0.15) is 6.54 Å². The summed E-state index contributed by atoms with van der Waals surface area (Å²) in [5.74, 6) is -0.560. The van der Waals surface area contributed by atoms with E-state index in [0.717, 1.165) is 9.87 Å². The summed E-state index contributed by atoms with van der Waals surface area (Å²) < 4.78 is 27.9. The third-order valence-electron chi connectivity index (χ3n) is 4.49. The molecule has 0 aliphatic heterocycles. The first-order valence-electron chi connectivity index (χ1n) is 9.24. The van der Waals surface area contributed by atoms with Gasteiger partial charge >= 0.3 is 0 Å². The fourth-order valence-corrected chi connectivity index (χ4v) is 4.97. The topological polar surface area (TPSA) is 66.5 Å². The van der Waals surface area contributed by atoms with E-state index in [1.54, 1.807) is 48.5 Å². The zero-order valence-corrected chi connectivity index (χ0v) is 18.5. The summed E-state index contributed by atoms with van der Waals surface area (Å²) in [6.45, 7) is 1.49. The molecule has 0 bridgehead atoms. The number of anilines is 2. The van der Waals surface area contributed by atoms with Crippen LogP contribution in [0.25, 0.3) is 0 Å². The van der Waals surface area contributed by atoms with Gasteiger partial charge in [0, 0.05) is 0 Å². The van der Waals surface area contributed by atoms with E-state index in [4.69, 9.17) is 23.2 Å². The van der Waals surface area contributed by atoms with Gasteiger partial charge in [-0.05, 0) is 42.3 Å². The van der Waals surface area contributed by atoms with Crippen molar-refractivity contribution in [3.8, 4) is 0 Å². The minimum absolute atomic E-state index is 0.0967. The molecule has 0 aromatic heterocycles. The lowest BCUT2D eigenvalue weighted by molar-refractivity contribution is -0.114.